The standard InChI is InChI=1S/C12H10ClFN2S/c1-8(11-6-7-12(13)17-11)15-16-10-4-2-9(14)3-5-10/h2-7,16H,1H3/b15-8-. The van der Waals surface area contributed by atoms with Gasteiger partial charge in [-0.1, -0.05) is 11.6 Å². The van der Waals surface area contributed by atoms with Crippen molar-refractivity contribution in [3.8, 4) is 0 Å². The van der Waals surface area contributed by atoms with Crippen LogP contribution in [-0.2, 0) is 0 Å². The smallest absolute Gasteiger partial charge is 0.123 e. The molecule has 0 unspecified atom stereocenters. The molecule has 5 heteroatoms. The lowest BCUT2D eigenvalue weighted by Crippen LogP contribution is -1.97. The van der Waals surface area contributed by atoms with Crippen molar-refractivity contribution in [3.63, 3.8) is 0 Å². The Labute approximate surface area is 108 Å². The molecule has 0 aliphatic rings. The number of hydrogen-bond acceptors (Lipinski definition) is 3. The van der Waals surface area contributed by atoms with Gasteiger partial charge in [-0.3, -0.25) is 5.43 Å². The van der Waals surface area contributed by atoms with Gasteiger partial charge >= 0.3 is 0 Å². The van der Waals surface area contributed by atoms with Gasteiger partial charge in [-0.25, -0.2) is 4.39 Å². The summed E-state index contributed by atoms with van der Waals surface area (Å²) in [4.78, 5) is 1.00. The number of nitrogens with zero attached hydrogens (tertiary/aromatic N) is 1. The molecule has 2 nitrogen and oxygen atoms in total. The van der Waals surface area contributed by atoms with Crippen molar-refractivity contribution >= 4 is 34.3 Å². The molecule has 1 aromatic heterocycles. The molecule has 0 fully saturated rings. The largest absolute Gasteiger partial charge is 0.278 e. The van der Waals surface area contributed by atoms with E-state index < -0.39 is 0 Å². The van der Waals surface area contributed by atoms with E-state index in [4.69, 9.17) is 11.6 Å². The zero-order valence-electron chi connectivity index (χ0n) is 9.08. The van der Waals surface area contributed by atoms with E-state index in [-0.39, 0.29) is 5.82 Å². The van der Waals surface area contributed by atoms with Gasteiger partial charge in [0.15, 0.2) is 0 Å². The maximum Gasteiger partial charge on any atom is 0.123 e. The summed E-state index contributed by atoms with van der Waals surface area (Å²) in [6.45, 7) is 1.89. The number of thiophene rings is 1. The van der Waals surface area contributed by atoms with E-state index in [2.05, 4.69) is 10.5 Å². The van der Waals surface area contributed by atoms with Gasteiger partial charge < -0.3 is 0 Å². The maximum atomic E-state index is 12.7. The Hall–Kier alpha value is -1.39. The summed E-state index contributed by atoms with van der Waals surface area (Å²) >= 11 is 7.31. The zero-order chi connectivity index (χ0) is 12.3. The molecule has 2 aromatic rings. The first-order chi connectivity index (χ1) is 8.15. The van der Waals surface area contributed by atoms with Gasteiger partial charge in [-0.15, -0.1) is 11.3 Å². The van der Waals surface area contributed by atoms with E-state index in [1.807, 2.05) is 19.1 Å². The first-order valence-corrected chi connectivity index (χ1v) is 6.16. The minimum absolute atomic E-state index is 0.263. The van der Waals surface area contributed by atoms with E-state index in [1.54, 1.807) is 12.1 Å². The average molecular weight is 269 g/mol. The van der Waals surface area contributed by atoms with Crippen LogP contribution < -0.4 is 5.43 Å². The molecule has 0 atom stereocenters. The Kier molecular flexibility index (Phi) is 3.76. The van der Waals surface area contributed by atoms with E-state index in [1.165, 1.54) is 23.5 Å². The minimum atomic E-state index is -0.263. The van der Waals surface area contributed by atoms with Crippen LogP contribution in [0, 0.1) is 5.82 Å². The summed E-state index contributed by atoms with van der Waals surface area (Å²) in [6, 6.07) is 9.78. The third-order valence-corrected chi connectivity index (χ3v) is 3.47. The van der Waals surface area contributed by atoms with Crippen molar-refractivity contribution in [2.75, 3.05) is 5.43 Å². The van der Waals surface area contributed by atoms with E-state index in [9.17, 15) is 4.39 Å². The highest BCUT2D eigenvalue weighted by molar-refractivity contribution is 7.18. The van der Waals surface area contributed by atoms with Crippen molar-refractivity contribution in [2.45, 2.75) is 6.92 Å². The second-order valence-electron chi connectivity index (χ2n) is 3.42. The highest BCUT2D eigenvalue weighted by atomic mass is 35.5. The van der Waals surface area contributed by atoms with Crippen LogP contribution in [0.4, 0.5) is 10.1 Å². The molecule has 2 rings (SSSR count). The summed E-state index contributed by atoms with van der Waals surface area (Å²) in [5.41, 5.74) is 4.45. The SMILES string of the molecule is C/C(=N/Nc1ccc(F)cc1)c1ccc(Cl)s1. The number of hydrogen-bond donors (Lipinski definition) is 1. The fourth-order valence-corrected chi connectivity index (χ4v) is 2.22. The maximum absolute atomic E-state index is 12.7. The van der Waals surface area contributed by atoms with Crippen molar-refractivity contribution in [1.29, 1.82) is 0 Å². The molecule has 0 aliphatic carbocycles. The molecular formula is C12H10ClFN2S. The predicted molar refractivity (Wildman–Crippen MR) is 71.6 cm³/mol. The van der Waals surface area contributed by atoms with Crippen LogP contribution in [0.1, 0.15) is 11.8 Å². The van der Waals surface area contributed by atoms with Crippen LogP contribution in [0.5, 0.6) is 0 Å². The summed E-state index contributed by atoms with van der Waals surface area (Å²) in [7, 11) is 0. The molecule has 0 aliphatic heterocycles. The lowest BCUT2D eigenvalue weighted by molar-refractivity contribution is 0.628. The van der Waals surface area contributed by atoms with Gasteiger partial charge in [-0.2, -0.15) is 5.10 Å². The lowest BCUT2D eigenvalue weighted by Gasteiger charge is -2.01. The number of hydrazone groups is 1. The average Bonchev–Trinajstić information content (AvgIpc) is 2.75. The minimum Gasteiger partial charge on any atom is -0.278 e. The molecule has 0 amide bonds. The molecule has 0 saturated heterocycles. The Morgan fingerprint density at radius 3 is 2.53 bits per heavy atom. The molecular weight excluding hydrogens is 259 g/mol. The summed E-state index contributed by atoms with van der Waals surface area (Å²) in [5, 5.41) is 4.20. The Morgan fingerprint density at radius 1 is 1.24 bits per heavy atom. The summed E-state index contributed by atoms with van der Waals surface area (Å²) < 4.78 is 13.4. The van der Waals surface area contributed by atoms with Gasteiger partial charge in [0.1, 0.15) is 5.82 Å². The third-order valence-electron chi connectivity index (χ3n) is 2.13. The number of benzene rings is 1. The first-order valence-electron chi connectivity index (χ1n) is 4.97. The molecule has 17 heavy (non-hydrogen) atoms. The molecule has 1 heterocycles. The Morgan fingerprint density at radius 2 is 1.94 bits per heavy atom. The molecule has 88 valence electrons. The van der Waals surface area contributed by atoms with Crippen LogP contribution in [0.25, 0.3) is 0 Å². The van der Waals surface area contributed by atoms with Gasteiger partial charge in [0.05, 0.1) is 20.6 Å². The Balaban J connectivity index is 2.08. The van der Waals surface area contributed by atoms with E-state index >= 15 is 0 Å². The zero-order valence-corrected chi connectivity index (χ0v) is 10.6. The predicted octanol–water partition coefficient (Wildman–Crippen LogP) is 4.38. The third kappa shape index (κ3) is 3.28. The van der Waals surface area contributed by atoms with Crippen LogP contribution in [0.15, 0.2) is 41.5 Å². The fourth-order valence-electron chi connectivity index (χ4n) is 1.24. The number of rotatable bonds is 3. The topological polar surface area (TPSA) is 24.4 Å². The summed E-state index contributed by atoms with van der Waals surface area (Å²) in [5.74, 6) is -0.263. The first kappa shape index (κ1) is 12.1. The highest BCUT2D eigenvalue weighted by Gasteiger charge is 2.01. The highest BCUT2D eigenvalue weighted by Crippen LogP contribution is 2.22. The van der Waals surface area contributed by atoms with Crippen molar-refractivity contribution in [1.82, 2.24) is 0 Å². The molecule has 1 aromatic carbocycles. The van der Waals surface area contributed by atoms with Crippen molar-refractivity contribution in [3.05, 3.63) is 51.4 Å². The molecule has 0 bridgehead atoms. The van der Waals surface area contributed by atoms with Crippen LogP contribution in [0.3, 0.4) is 0 Å². The fraction of sp³-hybridized carbons (Fsp3) is 0.0833. The number of nitrogens with one attached hydrogen (secondary N) is 1. The molecule has 0 saturated carbocycles. The van der Waals surface area contributed by atoms with Crippen LogP contribution in [-0.4, -0.2) is 5.71 Å². The quantitative estimate of drug-likeness (QED) is 0.648. The molecule has 0 spiro atoms. The van der Waals surface area contributed by atoms with E-state index in [0.29, 0.717) is 0 Å². The van der Waals surface area contributed by atoms with Gasteiger partial charge in [0.25, 0.3) is 0 Å². The normalized spacial score (nSPS) is 11.6. The summed E-state index contributed by atoms with van der Waals surface area (Å²) in [6.07, 6.45) is 0. The second kappa shape index (κ2) is 5.29. The van der Waals surface area contributed by atoms with E-state index in [0.717, 1.165) is 20.6 Å². The number of halogens is 2. The molecule has 1 N–H and O–H groups in total. The monoisotopic (exact) mass is 268 g/mol. The second-order valence-corrected chi connectivity index (χ2v) is 5.13. The van der Waals surface area contributed by atoms with Crippen LogP contribution >= 0.6 is 22.9 Å². The van der Waals surface area contributed by atoms with Gasteiger partial charge in [-0.05, 0) is 43.3 Å². The van der Waals surface area contributed by atoms with Gasteiger partial charge in [0, 0.05) is 0 Å². The molecule has 0 radical (unpaired) electrons. The number of anilines is 1. The van der Waals surface area contributed by atoms with Gasteiger partial charge in [0.2, 0.25) is 0 Å². The van der Waals surface area contributed by atoms with Crippen molar-refractivity contribution < 1.29 is 4.39 Å². The van der Waals surface area contributed by atoms with Crippen molar-refractivity contribution in [2.24, 2.45) is 5.10 Å². The van der Waals surface area contributed by atoms with Crippen LogP contribution in [0.2, 0.25) is 4.34 Å². The Bertz CT molecular complexity index is 534. The lowest BCUT2D eigenvalue weighted by atomic mass is 10.3.